The molecule has 0 radical (unpaired) electrons. The summed E-state index contributed by atoms with van der Waals surface area (Å²) in [6.07, 6.45) is 1.86. The molecule has 0 aliphatic rings. The van der Waals surface area contributed by atoms with Crippen molar-refractivity contribution in [1.29, 1.82) is 0 Å². The predicted molar refractivity (Wildman–Crippen MR) is 67.5 cm³/mol. The number of aromatic amines is 1. The van der Waals surface area contributed by atoms with Crippen LogP contribution in [0.1, 0.15) is 0 Å². The minimum Gasteiger partial charge on any atom is -0.508 e. The van der Waals surface area contributed by atoms with Gasteiger partial charge in [-0.25, -0.2) is 4.98 Å². The molecule has 0 saturated carbocycles. The highest BCUT2D eigenvalue weighted by Crippen LogP contribution is 2.19. The van der Waals surface area contributed by atoms with Crippen LogP contribution in [0.25, 0.3) is 11.0 Å². The maximum atomic E-state index is 9.19. The molecule has 0 saturated heterocycles. The van der Waals surface area contributed by atoms with Gasteiger partial charge in [0, 0.05) is 17.3 Å². The van der Waals surface area contributed by atoms with Crippen molar-refractivity contribution in [2.45, 2.75) is 0 Å². The predicted octanol–water partition coefficient (Wildman–Crippen LogP) is 3.01. The third-order valence-electron chi connectivity index (χ3n) is 2.55. The molecule has 84 valence electrons. The van der Waals surface area contributed by atoms with Gasteiger partial charge in [-0.3, -0.25) is 0 Å². The van der Waals surface area contributed by atoms with Crippen molar-refractivity contribution in [3.63, 3.8) is 0 Å². The van der Waals surface area contributed by atoms with E-state index in [1.54, 1.807) is 24.3 Å². The Morgan fingerprint density at radius 3 is 2.65 bits per heavy atom. The van der Waals surface area contributed by atoms with Crippen molar-refractivity contribution in [3.8, 4) is 5.75 Å². The van der Waals surface area contributed by atoms with E-state index in [0.29, 0.717) is 0 Å². The van der Waals surface area contributed by atoms with Crippen LogP contribution in [0, 0.1) is 0 Å². The van der Waals surface area contributed by atoms with Crippen LogP contribution in [0.2, 0.25) is 0 Å². The highest BCUT2D eigenvalue weighted by Gasteiger charge is 1.99. The number of aromatic nitrogens is 2. The third-order valence-corrected chi connectivity index (χ3v) is 2.55. The number of fused-ring (bicyclic) bond motifs is 1. The van der Waals surface area contributed by atoms with Crippen LogP contribution in [0.4, 0.5) is 11.5 Å². The molecule has 0 bridgehead atoms. The number of phenols is 1. The number of benzene rings is 1. The number of H-pyrrole nitrogens is 1. The van der Waals surface area contributed by atoms with E-state index in [2.05, 4.69) is 15.3 Å². The number of nitrogens with one attached hydrogen (secondary N) is 2. The van der Waals surface area contributed by atoms with E-state index in [9.17, 15) is 5.11 Å². The molecule has 1 aromatic carbocycles. The number of pyridine rings is 1. The second-order valence-corrected chi connectivity index (χ2v) is 3.78. The fraction of sp³-hybridized carbons (Fsp3) is 0. The molecular weight excluding hydrogens is 214 g/mol. The third kappa shape index (κ3) is 1.92. The zero-order valence-corrected chi connectivity index (χ0v) is 9.01. The van der Waals surface area contributed by atoms with Gasteiger partial charge >= 0.3 is 0 Å². The van der Waals surface area contributed by atoms with Crippen LogP contribution in [0.3, 0.4) is 0 Å². The van der Waals surface area contributed by atoms with Gasteiger partial charge < -0.3 is 15.4 Å². The first kappa shape index (κ1) is 9.72. The Balaban J connectivity index is 1.91. The van der Waals surface area contributed by atoms with E-state index >= 15 is 0 Å². The van der Waals surface area contributed by atoms with Crippen molar-refractivity contribution in [2.24, 2.45) is 0 Å². The van der Waals surface area contributed by atoms with Crippen molar-refractivity contribution >= 4 is 22.5 Å². The Kier molecular flexibility index (Phi) is 2.19. The second-order valence-electron chi connectivity index (χ2n) is 3.78. The maximum Gasteiger partial charge on any atom is 0.139 e. The summed E-state index contributed by atoms with van der Waals surface area (Å²) in [6.45, 7) is 0. The van der Waals surface area contributed by atoms with Crippen LogP contribution < -0.4 is 5.32 Å². The number of rotatable bonds is 2. The van der Waals surface area contributed by atoms with Crippen LogP contribution >= 0.6 is 0 Å². The van der Waals surface area contributed by atoms with Gasteiger partial charge in [-0.1, -0.05) is 0 Å². The highest BCUT2D eigenvalue weighted by molar-refractivity contribution is 5.77. The van der Waals surface area contributed by atoms with E-state index in [1.807, 2.05) is 24.4 Å². The van der Waals surface area contributed by atoms with E-state index in [4.69, 9.17) is 0 Å². The Morgan fingerprint density at radius 2 is 1.82 bits per heavy atom. The van der Waals surface area contributed by atoms with Gasteiger partial charge in [0.2, 0.25) is 0 Å². The Labute approximate surface area is 97.9 Å². The molecule has 0 fully saturated rings. The van der Waals surface area contributed by atoms with Gasteiger partial charge in [0.15, 0.2) is 0 Å². The molecule has 2 aromatic heterocycles. The van der Waals surface area contributed by atoms with E-state index in [-0.39, 0.29) is 5.75 Å². The summed E-state index contributed by atoms with van der Waals surface area (Å²) in [5.41, 5.74) is 1.75. The lowest BCUT2D eigenvalue weighted by Crippen LogP contribution is -1.92. The van der Waals surface area contributed by atoms with E-state index < -0.39 is 0 Å². The van der Waals surface area contributed by atoms with Gasteiger partial charge in [0.1, 0.15) is 17.2 Å². The summed E-state index contributed by atoms with van der Waals surface area (Å²) in [6, 6.07) is 12.8. The normalized spacial score (nSPS) is 10.6. The zero-order valence-electron chi connectivity index (χ0n) is 9.01. The van der Waals surface area contributed by atoms with Gasteiger partial charge in [0.05, 0.1) is 0 Å². The van der Waals surface area contributed by atoms with E-state index in [0.717, 1.165) is 22.5 Å². The monoisotopic (exact) mass is 225 g/mol. The number of nitrogens with zero attached hydrogens (tertiary/aromatic N) is 1. The minimum atomic E-state index is 0.253. The maximum absolute atomic E-state index is 9.19. The molecule has 17 heavy (non-hydrogen) atoms. The fourth-order valence-corrected chi connectivity index (χ4v) is 1.69. The van der Waals surface area contributed by atoms with E-state index in [1.165, 1.54) is 0 Å². The highest BCUT2D eigenvalue weighted by atomic mass is 16.3. The summed E-state index contributed by atoms with van der Waals surface area (Å²) < 4.78 is 0. The SMILES string of the molecule is Oc1ccc(Nc2ccc3cc[nH]c3n2)cc1. The molecule has 0 unspecified atom stereocenters. The molecule has 0 aliphatic carbocycles. The molecule has 3 N–H and O–H groups in total. The minimum absolute atomic E-state index is 0.253. The molecule has 0 amide bonds. The molecule has 3 aromatic rings. The average molecular weight is 225 g/mol. The molecule has 0 aliphatic heterocycles. The molecular formula is C13H11N3O. The lowest BCUT2D eigenvalue weighted by molar-refractivity contribution is 0.475. The largest absolute Gasteiger partial charge is 0.508 e. The van der Waals surface area contributed by atoms with Gasteiger partial charge in [0.25, 0.3) is 0 Å². The van der Waals surface area contributed by atoms with Crippen molar-refractivity contribution in [1.82, 2.24) is 9.97 Å². The van der Waals surface area contributed by atoms with Crippen molar-refractivity contribution in [2.75, 3.05) is 5.32 Å². The molecule has 4 heteroatoms. The molecule has 2 heterocycles. The zero-order chi connectivity index (χ0) is 11.7. The molecule has 3 rings (SSSR count). The Bertz CT molecular complexity index is 643. The lowest BCUT2D eigenvalue weighted by Gasteiger charge is -2.05. The number of anilines is 2. The summed E-state index contributed by atoms with van der Waals surface area (Å²) in [5.74, 6) is 1.02. The summed E-state index contributed by atoms with van der Waals surface area (Å²) >= 11 is 0. The van der Waals surface area contributed by atoms with Gasteiger partial charge in [-0.2, -0.15) is 0 Å². The topological polar surface area (TPSA) is 60.9 Å². The second kappa shape index (κ2) is 3.83. The lowest BCUT2D eigenvalue weighted by atomic mass is 10.3. The Morgan fingerprint density at radius 1 is 1.00 bits per heavy atom. The number of phenolic OH excluding ortho intramolecular Hbond substituents is 1. The average Bonchev–Trinajstić information content (AvgIpc) is 2.79. The first-order valence-electron chi connectivity index (χ1n) is 5.31. The number of aromatic hydroxyl groups is 1. The number of hydrogen-bond donors (Lipinski definition) is 3. The fourth-order valence-electron chi connectivity index (χ4n) is 1.69. The van der Waals surface area contributed by atoms with Crippen LogP contribution in [-0.4, -0.2) is 15.1 Å². The van der Waals surface area contributed by atoms with Crippen LogP contribution in [0.5, 0.6) is 5.75 Å². The smallest absolute Gasteiger partial charge is 0.139 e. The van der Waals surface area contributed by atoms with Gasteiger partial charge in [-0.05, 0) is 42.5 Å². The van der Waals surface area contributed by atoms with Crippen LogP contribution in [0.15, 0.2) is 48.7 Å². The summed E-state index contributed by atoms with van der Waals surface area (Å²) in [5, 5.41) is 13.4. The number of hydrogen-bond acceptors (Lipinski definition) is 3. The molecule has 4 nitrogen and oxygen atoms in total. The quantitative estimate of drug-likeness (QED) is 0.587. The Hall–Kier alpha value is -2.49. The molecule has 0 spiro atoms. The van der Waals surface area contributed by atoms with Crippen LogP contribution in [-0.2, 0) is 0 Å². The van der Waals surface area contributed by atoms with Crippen molar-refractivity contribution in [3.05, 3.63) is 48.7 Å². The first-order chi connectivity index (χ1) is 8.31. The first-order valence-corrected chi connectivity index (χ1v) is 5.31. The van der Waals surface area contributed by atoms with Crippen molar-refractivity contribution < 1.29 is 5.11 Å². The molecule has 0 atom stereocenters. The summed E-state index contributed by atoms with van der Waals surface area (Å²) in [7, 11) is 0. The van der Waals surface area contributed by atoms with Gasteiger partial charge in [-0.15, -0.1) is 0 Å². The standard InChI is InChI=1S/C13H11N3O/c17-11-4-2-10(3-5-11)15-12-6-1-9-7-8-14-13(9)16-12/h1-8,17H,(H2,14,15,16). The summed E-state index contributed by atoms with van der Waals surface area (Å²) in [4.78, 5) is 7.49.